The molecule has 13 heavy (non-hydrogen) atoms. The first kappa shape index (κ1) is 12.8. The van der Waals surface area contributed by atoms with Gasteiger partial charge < -0.3 is 15.3 Å². The van der Waals surface area contributed by atoms with E-state index in [2.05, 4.69) is 0 Å². The van der Waals surface area contributed by atoms with E-state index in [0.29, 0.717) is 0 Å². The van der Waals surface area contributed by atoms with E-state index in [1.54, 1.807) is 6.92 Å². The van der Waals surface area contributed by atoms with E-state index >= 15 is 0 Å². The average Bonchev–Trinajstić information content (AvgIpc) is 2.09. The molecule has 0 aromatic rings. The third-order valence-corrected chi connectivity index (χ3v) is 1.07. The summed E-state index contributed by atoms with van der Waals surface area (Å²) in [4.78, 5) is 9.79. The molecule has 3 N–H and O–H groups in total. The summed E-state index contributed by atoms with van der Waals surface area (Å²) in [5, 5.41) is 27.0. The van der Waals surface area contributed by atoms with E-state index < -0.39 is 6.10 Å². The predicted molar refractivity (Wildman–Crippen MR) is 44.5 cm³/mol. The maximum Gasteiger partial charge on any atom is 0.0942 e. The monoisotopic (exact) mass is 195 g/mol. The Kier molecular flexibility index (Phi) is 8.21. The maximum absolute atomic E-state index is 8.99. The van der Waals surface area contributed by atoms with Crippen LogP contribution in [-0.4, -0.2) is 59.6 Å². The summed E-state index contributed by atoms with van der Waals surface area (Å²) in [5.41, 5.74) is 0. The van der Waals surface area contributed by atoms with Crippen LogP contribution in [0.3, 0.4) is 0 Å². The van der Waals surface area contributed by atoms with E-state index in [1.165, 1.54) is 0 Å². The molecule has 0 spiro atoms. The van der Waals surface area contributed by atoms with Crippen LogP contribution in [0.1, 0.15) is 6.92 Å². The second-order valence-corrected chi connectivity index (χ2v) is 2.48. The fourth-order valence-electron chi connectivity index (χ4n) is 0.644. The van der Waals surface area contributed by atoms with Gasteiger partial charge in [0.05, 0.1) is 39.1 Å². The lowest BCUT2D eigenvalue weighted by Crippen LogP contribution is -2.33. The molecule has 0 aliphatic carbocycles. The minimum Gasteiger partial charge on any atom is -0.394 e. The van der Waals surface area contributed by atoms with Gasteiger partial charge in [0, 0.05) is 0 Å². The van der Waals surface area contributed by atoms with Crippen molar-refractivity contribution in [1.29, 1.82) is 0 Å². The maximum atomic E-state index is 8.99. The van der Waals surface area contributed by atoms with Crippen LogP contribution < -0.4 is 0 Å². The molecule has 0 saturated carbocycles. The topological polar surface area (TPSA) is 82.4 Å². The summed E-state index contributed by atoms with van der Waals surface area (Å²) in [7, 11) is 0. The van der Waals surface area contributed by atoms with Crippen LogP contribution in [0.4, 0.5) is 0 Å². The van der Waals surface area contributed by atoms with Crippen molar-refractivity contribution in [3.63, 3.8) is 0 Å². The minimum absolute atomic E-state index is 0.0954. The molecule has 0 heterocycles. The zero-order chi connectivity index (χ0) is 10.1. The van der Waals surface area contributed by atoms with Crippen LogP contribution in [0, 0.1) is 0 Å². The summed E-state index contributed by atoms with van der Waals surface area (Å²) in [6, 6.07) is 0. The van der Waals surface area contributed by atoms with Gasteiger partial charge >= 0.3 is 0 Å². The highest BCUT2D eigenvalue weighted by molar-refractivity contribution is 4.44. The first-order chi connectivity index (χ1) is 6.20. The Morgan fingerprint density at radius 1 is 1.15 bits per heavy atom. The van der Waals surface area contributed by atoms with Gasteiger partial charge in [-0.05, 0) is 6.92 Å². The summed E-state index contributed by atoms with van der Waals surface area (Å²) in [5.74, 6) is 0. The van der Waals surface area contributed by atoms with Crippen LogP contribution in [0.25, 0.3) is 0 Å². The highest BCUT2D eigenvalue weighted by atomic mass is 16.9. The van der Waals surface area contributed by atoms with Crippen molar-refractivity contribution >= 4 is 0 Å². The first-order valence-electron chi connectivity index (χ1n) is 4.13. The van der Waals surface area contributed by atoms with Crippen LogP contribution in [0.15, 0.2) is 0 Å². The summed E-state index contributed by atoms with van der Waals surface area (Å²) < 4.78 is 0. The molecular weight excluding hydrogens is 178 g/mol. The van der Waals surface area contributed by atoms with Gasteiger partial charge in [0.25, 0.3) is 0 Å². The second-order valence-electron chi connectivity index (χ2n) is 2.48. The highest BCUT2D eigenvalue weighted by Gasteiger charge is 2.08. The number of hydroxylamine groups is 2. The number of nitrogens with zero attached hydrogens (tertiary/aromatic N) is 1. The highest BCUT2D eigenvalue weighted by Crippen LogP contribution is 1.95. The van der Waals surface area contributed by atoms with E-state index in [0.717, 1.165) is 5.23 Å². The number of rotatable bonds is 8. The van der Waals surface area contributed by atoms with Crippen molar-refractivity contribution in [2.45, 2.75) is 13.0 Å². The molecule has 0 rings (SSSR count). The fraction of sp³-hybridized carbons (Fsp3) is 1.00. The van der Waals surface area contributed by atoms with Crippen LogP contribution >= 0.6 is 0 Å². The Labute approximate surface area is 77.2 Å². The summed E-state index contributed by atoms with van der Waals surface area (Å²) in [6.07, 6.45) is -0.600. The molecule has 1 unspecified atom stereocenters. The van der Waals surface area contributed by atoms with Gasteiger partial charge in [-0.1, -0.05) is 5.23 Å². The Bertz CT molecular complexity index is 103. The van der Waals surface area contributed by atoms with Gasteiger partial charge in [-0.15, -0.1) is 0 Å². The standard InChI is InChI=1S/C7H17NO5/c1-7(11)6-8(12-4-2-9)13-5-3-10/h7,9-11H,2-6H2,1H3. The van der Waals surface area contributed by atoms with Crippen LogP contribution in [0.5, 0.6) is 0 Å². The normalized spacial score (nSPS) is 13.6. The molecule has 0 bridgehead atoms. The minimum atomic E-state index is -0.600. The summed E-state index contributed by atoms with van der Waals surface area (Å²) >= 11 is 0. The third-order valence-electron chi connectivity index (χ3n) is 1.07. The number of aliphatic hydroxyl groups is 3. The Morgan fingerprint density at radius 2 is 1.62 bits per heavy atom. The third kappa shape index (κ3) is 8.10. The van der Waals surface area contributed by atoms with E-state index in [-0.39, 0.29) is 33.0 Å². The average molecular weight is 195 g/mol. The van der Waals surface area contributed by atoms with Crippen molar-refractivity contribution in [2.24, 2.45) is 0 Å². The van der Waals surface area contributed by atoms with Crippen molar-refractivity contribution < 1.29 is 25.0 Å². The molecule has 0 aliphatic rings. The lowest BCUT2D eigenvalue weighted by atomic mass is 10.4. The molecule has 6 heteroatoms. The summed E-state index contributed by atoms with van der Waals surface area (Å²) in [6.45, 7) is 1.69. The molecule has 0 aliphatic heterocycles. The molecule has 0 aromatic heterocycles. The van der Waals surface area contributed by atoms with Crippen molar-refractivity contribution in [2.75, 3.05) is 33.0 Å². The van der Waals surface area contributed by atoms with E-state index in [9.17, 15) is 0 Å². The van der Waals surface area contributed by atoms with Crippen molar-refractivity contribution in [3.8, 4) is 0 Å². The van der Waals surface area contributed by atoms with E-state index in [4.69, 9.17) is 25.0 Å². The first-order valence-corrected chi connectivity index (χ1v) is 4.13. The lowest BCUT2D eigenvalue weighted by molar-refractivity contribution is -0.376. The SMILES string of the molecule is CC(O)CN(OCCO)OCCO. The molecule has 6 nitrogen and oxygen atoms in total. The molecule has 0 fully saturated rings. The van der Waals surface area contributed by atoms with Gasteiger partial charge in [-0.25, -0.2) is 0 Å². The van der Waals surface area contributed by atoms with Crippen molar-refractivity contribution in [3.05, 3.63) is 0 Å². The second kappa shape index (κ2) is 8.36. The lowest BCUT2D eigenvalue weighted by Gasteiger charge is -2.21. The zero-order valence-electron chi connectivity index (χ0n) is 7.72. The largest absolute Gasteiger partial charge is 0.394 e. The fourth-order valence-corrected chi connectivity index (χ4v) is 0.644. The Hall–Kier alpha value is -0.240. The predicted octanol–water partition coefficient (Wildman–Crippen LogP) is -1.48. The van der Waals surface area contributed by atoms with Crippen LogP contribution in [-0.2, 0) is 9.68 Å². The number of hydrogen-bond acceptors (Lipinski definition) is 6. The molecule has 0 amide bonds. The van der Waals surface area contributed by atoms with Gasteiger partial charge in [0.2, 0.25) is 0 Å². The van der Waals surface area contributed by atoms with Crippen molar-refractivity contribution in [1.82, 2.24) is 5.23 Å². The number of hydrogen-bond donors (Lipinski definition) is 3. The molecule has 0 aromatic carbocycles. The molecule has 0 radical (unpaired) electrons. The van der Waals surface area contributed by atoms with Gasteiger partial charge in [0.1, 0.15) is 0 Å². The van der Waals surface area contributed by atoms with Crippen LogP contribution in [0.2, 0.25) is 0 Å². The van der Waals surface area contributed by atoms with Gasteiger partial charge in [0.15, 0.2) is 0 Å². The zero-order valence-corrected chi connectivity index (χ0v) is 7.72. The Morgan fingerprint density at radius 3 is 1.92 bits per heavy atom. The molecule has 1 atom stereocenters. The quantitative estimate of drug-likeness (QED) is 0.410. The smallest absolute Gasteiger partial charge is 0.0942 e. The number of aliphatic hydroxyl groups excluding tert-OH is 3. The van der Waals surface area contributed by atoms with Gasteiger partial charge in [-0.2, -0.15) is 0 Å². The molecule has 0 saturated heterocycles. The molecular formula is C7H17NO5. The van der Waals surface area contributed by atoms with Gasteiger partial charge in [-0.3, -0.25) is 9.68 Å². The molecule has 80 valence electrons. The Balaban J connectivity index is 3.60. The van der Waals surface area contributed by atoms with E-state index in [1.807, 2.05) is 0 Å².